The van der Waals surface area contributed by atoms with Crippen LogP contribution in [0.4, 0.5) is 0 Å². The molecule has 13 heavy (non-hydrogen) atoms. The number of benzene rings is 1. The second kappa shape index (κ2) is 2.85. The van der Waals surface area contributed by atoms with Crippen LogP contribution in [0.1, 0.15) is 30.1 Å². The van der Waals surface area contributed by atoms with Crippen molar-refractivity contribution in [3.63, 3.8) is 0 Å². The van der Waals surface area contributed by atoms with Gasteiger partial charge in [-0.2, -0.15) is 0 Å². The van der Waals surface area contributed by atoms with Crippen molar-refractivity contribution in [2.24, 2.45) is 5.92 Å². The largest absolute Gasteiger partial charge is 0.373 e. The molecule has 2 atom stereocenters. The summed E-state index contributed by atoms with van der Waals surface area (Å²) in [6, 6.07) is 8.73. The zero-order valence-corrected chi connectivity index (χ0v) is 7.70. The SMILES string of the molecule is c1ccc2c(c1)CC1CCCOC21. The van der Waals surface area contributed by atoms with E-state index in [1.807, 2.05) is 0 Å². The molecule has 1 aliphatic carbocycles. The maximum Gasteiger partial charge on any atom is 0.0858 e. The third kappa shape index (κ3) is 1.11. The number of hydrogen-bond donors (Lipinski definition) is 0. The van der Waals surface area contributed by atoms with Crippen LogP contribution in [-0.2, 0) is 11.2 Å². The average Bonchev–Trinajstić information content (AvgIpc) is 2.56. The van der Waals surface area contributed by atoms with Crippen LogP contribution in [0, 0.1) is 5.92 Å². The molecule has 1 aliphatic heterocycles. The summed E-state index contributed by atoms with van der Waals surface area (Å²) in [5.74, 6) is 0.770. The predicted octanol–water partition coefficient (Wildman–Crippen LogP) is 2.71. The van der Waals surface area contributed by atoms with Crippen LogP contribution in [-0.4, -0.2) is 6.61 Å². The molecule has 1 heteroatoms. The van der Waals surface area contributed by atoms with Crippen LogP contribution < -0.4 is 0 Å². The number of hydrogen-bond acceptors (Lipinski definition) is 1. The maximum absolute atomic E-state index is 5.83. The summed E-state index contributed by atoms with van der Waals surface area (Å²) in [6.07, 6.45) is 4.25. The van der Waals surface area contributed by atoms with Gasteiger partial charge >= 0.3 is 0 Å². The van der Waals surface area contributed by atoms with Crippen LogP contribution in [0.15, 0.2) is 24.3 Å². The highest BCUT2D eigenvalue weighted by Crippen LogP contribution is 2.43. The molecule has 3 rings (SSSR count). The van der Waals surface area contributed by atoms with Gasteiger partial charge in [0.05, 0.1) is 6.10 Å². The number of ether oxygens (including phenoxy) is 1. The minimum Gasteiger partial charge on any atom is -0.373 e. The quantitative estimate of drug-likeness (QED) is 0.587. The summed E-state index contributed by atoms with van der Waals surface area (Å²) in [6.45, 7) is 0.954. The van der Waals surface area contributed by atoms with E-state index in [1.54, 1.807) is 0 Å². The van der Waals surface area contributed by atoms with E-state index in [9.17, 15) is 0 Å². The van der Waals surface area contributed by atoms with Gasteiger partial charge in [-0.05, 0) is 36.3 Å². The minimum atomic E-state index is 0.421. The van der Waals surface area contributed by atoms with Gasteiger partial charge in [-0.15, -0.1) is 0 Å². The molecule has 1 heterocycles. The Morgan fingerprint density at radius 2 is 2.15 bits per heavy atom. The van der Waals surface area contributed by atoms with Crippen molar-refractivity contribution in [2.75, 3.05) is 6.61 Å². The molecule has 0 N–H and O–H groups in total. The van der Waals surface area contributed by atoms with Crippen molar-refractivity contribution < 1.29 is 4.74 Å². The van der Waals surface area contributed by atoms with Gasteiger partial charge in [-0.3, -0.25) is 0 Å². The van der Waals surface area contributed by atoms with E-state index in [0.29, 0.717) is 6.10 Å². The molecular formula is C12H14O. The Bertz CT molecular complexity index is 319. The highest BCUT2D eigenvalue weighted by molar-refractivity contribution is 5.34. The second-order valence-corrected chi connectivity index (χ2v) is 4.10. The van der Waals surface area contributed by atoms with Gasteiger partial charge in [0.1, 0.15) is 0 Å². The van der Waals surface area contributed by atoms with Gasteiger partial charge in [0.2, 0.25) is 0 Å². The Morgan fingerprint density at radius 3 is 3.15 bits per heavy atom. The summed E-state index contributed by atoms with van der Waals surface area (Å²) in [5.41, 5.74) is 2.96. The van der Waals surface area contributed by atoms with E-state index in [0.717, 1.165) is 12.5 Å². The standard InChI is InChI=1S/C12H14O/c1-2-6-11-9(4-1)8-10-5-3-7-13-12(10)11/h1-2,4,6,10,12H,3,5,7-8H2. The lowest BCUT2D eigenvalue weighted by Gasteiger charge is -2.26. The molecule has 1 nitrogen and oxygen atoms in total. The fourth-order valence-electron chi connectivity index (χ4n) is 2.68. The monoisotopic (exact) mass is 174 g/mol. The Balaban J connectivity index is 2.01. The highest BCUT2D eigenvalue weighted by atomic mass is 16.5. The van der Waals surface area contributed by atoms with E-state index in [-0.39, 0.29) is 0 Å². The highest BCUT2D eigenvalue weighted by Gasteiger charge is 2.34. The van der Waals surface area contributed by atoms with Crippen LogP contribution in [0.2, 0.25) is 0 Å². The lowest BCUT2D eigenvalue weighted by molar-refractivity contribution is -0.0183. The van der Waals surface area contributed by atoms with Crippen molar-refractivity contribution in [3.05, 3.63) is 35.4 Å². The predicted molar refractivity (Wildman–Crippen MR) is 51.6 cm³/mol. The molecule has 0 aromatic heterocycles. The van der Waals surface area contributed by atoms with Crippen molar-refractivity contribution in [3.8, 4) is 0 Å². The van der Waals surface area contributed by atoms with E-state index in [2.05, 4.69) is 24.3 Å². The molecule has 0 saturated carbocycles. The van der Waals surface area contributed by atoms with Gasteiger partial charge < -0.3 is 4.74 Å². The Morgan fingerprint density at radius 1 is 1.23 bits per heavy atom. The molecule has 0 bridgehead atoms. The molecule has 2 aliphatic rings. The van der Waals surface area contributed by atoms with Gasteiger partial charge in [0.15, 0.2) is 0 Å². The molecule has 0 amide bonds. The van der Waals surface area contributed by atoms with Crippen molar-refractivity contribution in [2.45, 2.75) is 25.4 Å². The van der Waals surface area contributed by atoms with E-state index < -0.39 is 0 Å². The zero-order valence-electron chi connectivity index (χ0n) is 7.70. The number of fused-ring (bicyclic) bond motifs is 3. The molecular weight excluding hydrogens is 160 g/mol. The van der Waals surface area contributed by atoms with Crippen LogP contribution in [0.5, 0.6) is 0 Å². The average molecular weight is 174 g/mol. The molecule has 0 radical (unpaired) electrons. The maximum atomic E-state index is 5.83. The lowest BCUT2D eigenvalue weighted by atomic mass is 9.95. The summed E-state index contributed by atoms with van der Waals surface area (Å²) in [5, 5.41) is 0. The topological polar surface area (TPSA) is 9.23 Å². The van der Waals surface area contributed by atoms with Crippen molar-refractivity contribution >= 4 is 0 Å². The van der Waals surface area contributed by atoms with E-state index in [4.69, 9.17) is 4.74 Å². The third-order valence-corrected chi connectivity index (χ3v) is 3.29. The summed E-state index contributed by atoms with van der Waals surface area (Å²) >= 11 is 0. The first-order chi connectivity index (χ1) is 6.45. The number of rotatable bonds is 0. The zero-order chi connectivity index (χ0) is 8.67. The van der Waals surface area contributed by atoms with Gasteiger partial charge in [0, 0.05) is 6.61 Å². The molecule has 1 aromatic rings. The van der Waals surface area contributed by atoms with Crippen LogP contribution in [0.25, 0.3) is 0 Å². The smallest absolute Gasteiger partial charge is 0.0858 e. The first-order valence-electron chi connectivity index (χ1n) is 5.14. The van der Waals surface area contributed by atoms with Gasteiger partial charge in [-0.25, -0.2) is 0 Å². The Hall–Kier alpha value is -0.820. The van der Waals surface area contributed by atoms with E-state index >= 15 is 0 Å². The Kier molecular flexibility index (Phi) is 1.66. The summed E-state index contributed by atoms with van der Waals surface area (Å²) in [4.78, 5) is 0. The van der Waals surface area contributed by atoms with Gasteiger partial charge in [-0.1, -0.05) is 24.3 Å². The minimum absolute atomic E-state index is 0.421. The molecule has 1 saturated heterocycles. The van der Waals surface area contributed by atoms with Crippen LogP contribution >= 0.6 is 0 Å². The summed E-state index contributed by atoms with van der Waals surface area (Å²) in [7, 11) is 0. The lowest BCUT2D eigenvalue weighted by Crippen LogP contribution is -2.18. The first kappa shape index (κ1) is 7.57. The van der Waals surface area contributed by atoms with E-state index in [1.165, 1.54) is 30.4 Å². The second-order valence-electron chi connectivity index (χ2n) is 4.10. The molecule has 2 unspecified atom stereocenters. The molecule has 1 fully saturated rings. The van der Waals surface area contributed by atoms with Crippen LogP contribution in [0.3, 0.4) is 0 Å². The van der Waals surface area contributed by atoms with Crippen molar-refractivity contribution in [1.29, 1.82) is 0 Å². The summed E-state index contributed by atoms with van der Waals surface area (Å²) < 4.78 is 5.83. The fourth-order valence-corrected chi connectivity index (χ4v) is 2.68. The molecule has 68 valence electrons. The van der Waals surface area contributed by atoms with Crippen molar-refractivity contribution in [1.82, 2.24) is 0 Å². The third-order valence-electron chi connectivity index (χ3n) is 3.29. The van der Waals surface area contributed by atoms with Gasteiger partial charge in [0.25, 0.3) is 0 Å². The molecule has 1 aromatic carbocycles. The molecule has 0 spiro atoms. The Labute approximate surface area is 78.7 Å². The first-order valence-corrected chi connectivity index (χ1v) is 5.14. The fraction of sp³-hybridized carbons (Fsp3) is 0.500. The normalized spacial score (nSPS) is 31.1.